The number of para-hydroxylation sites is 1. The van der Waals surface area contributed by atoms with Crippen LogP contribution in [0.2, 0.25) is 0 Å². The molecule has 1 heterocycles. The van der Waals surface area contributed by atoms with E-state index in [2.05, 4.69) is 30.4 Å². The first-order valence-corrected chi connectivity index (χ1v) is 11.0. The maximum atomic E-state index is 12.5. The number of hydrogen-bond donors (Lipinski definition) is 1. The molecule has 148 valence electrons. The molecule has 1 aliphatic carbocycles. The number of aromatic nitrogens is 2. The first-order chi connectivity index (χ1) is 14.1. The highest BCUT2D eigenvalue weighted by atomic mass is 32.2. The molecular formula is C24H25N3OS. The van der Waals surface area contributed by atoms with Crippen molar-refractivity contribution in [2.24, 2.45) is 0 Å². The summed E-state index contributed by atoms with van der Waals surface area (Å²) in [5.41, 5.74) is 6.52. The molecule has 0 unspecified atom stereocenters. The van der Waals surface area contributed by atoms with Crippen LogP contribution in [0, 0.1) is 13.8 Å². The highest BCUT2D eigenvalue weighted by Crippen LogP contribution is 2.31. The van der Waals surface area contributed by atoms with Gasteiger partial charge in [0.1, 0.15) is 5.03 Å². The van der Waals surface area contributed by atoms with Crippen molar-refractivity contribution in [3.63, 3.8) is 0 Å². The van der Waals surface area contributed by atoms with Gasteiger partial charge in [-0.25, -0.2) is 9.97 Å². The largest absolute Gasteiger partial charge is 0.325 e. The van der Waals surface area contributed by atoms with Gasteiger partial charge in [0.2, 0.25) is 5.91 Å². The summed E-state index contributed by atoms with van der Waals surface area (Å²) < 4.78 is 0. The van der Waals surface area contributed by atoms with Crippen molar-refractivity contribution in [2.75, 3.05) is 11.1 Å². The van der Waals surface area contributed by atoms with Gasteiger partial charge in [0, 0.05) is 22.5 Å². The molecule has 5 heteroatoms. The highest BCUT2D eigenvalue weighted by molar-refractivity contribution is 8.00. The van der Waals surface area contributed by atoms with Gasteiger partial charge in [-0.15, -0.1) is 0 Å². The quantitative estimate of drug-likeness (QED) is 0.460. The van der Waals surface area contributed by atoms with E-state index in [1.807, 2.05) is 37.3 Å². The van der Waals surface area contributed by atoms with Gasteiger partial charge in [0.15, 0.2) is 5.82 Å². The Morgan fingerprint density at radius 3 is 2.69 bits per heavy atom. The van der Waals surface area contributed by atoms with Crippen LogP contribution >= 0.6 is 11.8 Å². The monoisotopic (exact) mass is 403 g/mol. The van der Waals surface area contributed by atoms with Gasteiger partial charge in [-0.3, -0.25) is 4.79 Å². The van der Waals surface area contributed by atoms with Gasteiger partial charge in [-0.2, -0.15) is 0 Å². The smallest absolute Gasteiger partial charge is 0.234 e. The molecule has 0 bridgehead atoms. The van der Waals surface area contributed by atoms with E-state index in [0.29, 0.717) is 5.75 Å². The van der Waals surface area contributed by atoms with Crippen LogP contribution < -0.4 is 5.32 Å². The summed E-state index contributed by atoms with van der Waals surface area (Å²) in [4.78, 5) is 22.3. The van der Waals surface area contributed by atoms with Crippen LogP contribution in [0.5, 0.6) is 0 Å². The summed E-state index contributed by atoms with van der Waals surface area (Å²) in [5.74, 6) is 1.09. The zero-order valence-corrected chi connectivity index (χ0v) is 17.7. The topological polar surface area (TPSA) is 54.9 Å². The van der Waals surface area contributed by atoms with Crippen LogP contribution in [-0.2, 0) is 17.6 Å². The number of hydrogen-bond acceptors (Lipinski definition) is 4. The van der Waals surface area contributed by atoms with E-state index in [0.717, 1.165) is 59.0 Å². The van der Waals surface area contributed by atoms with E-state index in [-0.39, 0.29) is 5.91 Å². The number of thioether (sulfide) groups is 1. The molecule has 0 aliphatic heterocycles. The highest BCUT2D eigenvalue weighted by Gasteiger charge is 2.19. The van der Waals surface area contributed by atoms with Crippen LogP contribution in [0.4, 0.5) is 5.69 Å². The number of benzene rings is 2. The molecule has 4 nitrogen and oxygen atoms in total. The number of fused-ring (bicyclic) bond motifs is 1. The molecule has 1 aromatic heterocycles. The number of carbonyl (C=O) groups is 1. The molecule has 2 aromatic carbocycles. The summed E-state index contributed by atoms with van der Waals surface area (Å²) >= 11 is 1.52. The zero-order valence-electron chi connectivity index (χ0n) is 16.9. The van der Waals surface area contributed by atoms with Gasteiger partial charge in [0.25, 0.3) is 0 Å². The molecule has 4 rings (SSSR count). The molecule has 0 radical (unpaired) electrons. The Hall–Kier alpha value is -2.66. The predicted octanol–water partition coefficient (Wildman–Crippen LogP) is 5.37. The lowest BCUT2D eigenvalue weighted by atomic mass is 9.97. The van der Waals surface area contributed by atoms with Crippen LogP contribution in [0.25, 0.3) is 11.4 Å². The molecule has 29 heavy (non-hydrogen) atoms. The minimum Gasteiger partial charge on any atom is -0.325 e. The van der Waals surface area contributed by atoms with Gasteiger partial charge in [-0.1, -0.05) is 53.7 Å². The molecule has 0 fully saturated rings. The fourth-order valence-electron chi connectivity index (χ4n) is 3.63. The first-order valence-electron chi connectivity index (χ1n) is 10.1. The Morgan fingerprint density at radius 2 is 1.86 bits per heavy atom. The third-order valence-corrected chi connectivity index (χ3v) is 6.20. The molecule has 0 spiro atoms. The lowest BCUT2D eigenvalue weighted by Gasteiger charge is -2.19. The van der Waals surface area contributed by atoms with Gasteiger partial charge in [-0.05, 0) is 57.2 Å². The van der Waals surface area contributed by atoms with Crippen LogP contribution in [0.1, 0.15) is 35.2 Å². The summed E-state index contributed by atoms with van der Waals surface area (Å²) in [7, 11) is 0. The molecule has 1 aliphatic rings. The number of anilines is 1. The minimum atomic E-state index is -0.00965. The SMILES string of the molecule is Cc1cccc(-c2nc3c(c(SCC(=O)Nc4ccccc4C)n2)CCCC3)c1. The van der Waals surface area contributed by atoms with Gasteiger partial charge < -0.3 is 5.32 Å². The Morgan fingerprint density at radius 1 is 1.03 bits per heavy atom. The number of carbonyl (C=O) groups excluding carboxylic acids is 1. The summed E-state index contributed by atoms with van der Waals surface area (Å²) in [6.45, 7) is 4.07. The zero-order chi connectivity index (χ0) is 20.2. The summed E-state index contributed by atoms with van der Waals surface area (Å²) in [5, 5.41) is 3.96. The fourth-order valence-corrected chi connectivity index (χ4v) is 4.51. The standard InChI is InChI=1S/C24H25N3OS/c1-16-8-7-10-18(14-16)23-26-21-13-6-4-11-19(21)24(27-23)29-15-22(28)25-20-12-5-3-9-17(20)2/h3,5,7-10,12,14H,4,6,11,13,15H2,1-2H3,(H,25,28). The predicted molar refractivity (Wildman–Crippen MR) is 119 cm³/mol. The molecule has 0 saturated carbocycles. The summed E-state index contributed by atoms with van der Waals surface area (Å²) in [6, 6.07) is 16.1. The second-order valence-electron chi connectivity index (χ2n) is 7.51. The minimum absolute atomic E-state index is 0.00965. The van der Waals surface area contributed by atoms with E-state index >= 15 is 0 Å². The van der Waals surface area contributed by atoms with Crippen LogP contribution in [0.15, 0.2) is 53.6 Å². The number of nitrogens with zero attached hydrogens (tertiary/aromatic N) is 2. The van der Waals surface area contributed by atoms with E-state index in [4.69, 9.17) is 9.97 Å². The third kappa shape index (κ3) is 4.67. The number of nitrogens with one attached hydrogen (secondary N) is 1. The Balaban J connectivity index is 1.56. The number of rotatable bonds is 5. The van der Waals surface area contributed by atoms with Crippen LogP contribution in [-0.4, -0.2) is 21.6 Å². The van der Waals surface area contributed by atoms with Crippen molar-refractivity contribution in [3.05, 3.63) is 70.9 Å². The second-order valence-corrected chi connectivity index (χ2v) is 8.47. The maximum absolute atomic E-state index is 12.5. The molecule has 0 saturated heterocycles. The van der Waals surface area contributed by atoms with Crippen LogP contribution in [0.3, 0.4) is 0 Å². The lowest BCUT2D eigenvalue weighted by Crippen LogP contribution is -2.16. The van der Waals surface area contributed by atoms with Crippen molar-refractivity contribution in [1.29, 1.82) is 0 Å². The average molecular weight is 404 g/mol. The number of amides is 1. The Kier molecular flexibility index (Phi) is 5.95. The van der Waals surface area contributed by atoms with Crippen molar-refractivity contribution in [2.45, 2.75) is 44.6 Å². The van der Waals surface area contributed by atoms with Gasteiger partial charge >= 0.3 is 0 Å². The van der Waals surface area contributed by atoms with E-state index < -0.39 is 0 Å². The third-order valence-electron chi connectivity index (χ3n) is 5.18. The molecule has 1 amide bonds. The normalized spacial score (nSPS) is 13.0. The maximum Gasteiger partial charge on any atom is 0.234 e. The van der Waals surface area contributed by atoms with Gasteiger partial charge in [0.05, 0.1) is 5.75 Å². The van der Waals surface area contributed by atoms with Crippen molar-refractivity contribution in [1.82, 2.24) is 9.97 Å². The van der Waals surface area contributed by atoms with E-state index in [1.165, 1.54) is 22.9 Å². The lowest BCUT2D eigenvalue weighted by molar-refractivity contribution is -0.113. The fraction of sp³-hybridized carbons (Fsp3) is 0.292. The second kappa shape index (κ2) is 8.78. The van der Waals surface area contributed by atoms with E-state index in [1.54, 1.807) is 0 Å². The Bertz CT molecular complexity index is 1050. The Labute approximate surface area is 176 Å². The molecule has 0 atom stereocenters. The first kappa shape index (κ1) is 19.6. The molecular weight excluding hydrogens is 378 g/mol. The molecule has 3 aromatic rings. The molecule has 1 N–H and O–H groups in total. The van der Waals surface area contributed by atoms with E-state index in [9.17, 15) is 4.79 Å². The van der Waals surface area contributed by atoms with Crippen molar-refractivity contribution in [3.8, 4) is 11.4 Å². The summed E-state index contributed by atoms with van der Waals surface area (Å²) in [6.07, 6.45) is 4.29. The average Bonchev–Trinajstić information content (AvgIpc) is 2.73. The number of aryl methyl sites for hydroxylation is 3. The van der Waals surface area contributed by atoms with Crippen molar-refractivity contribution < 1.29 is 4.79 Å². The van der Waals surface area contributed by atoms with Crippen molar-refractivity contribution >= 4 is 23.4 Å².